The van der Waals surface area contributed by atoms with Crippen molar-refractivity contribution < 1.29 is 102 Å². The number of hydrogen-bond acceptors (Lipinski definition) is 24. The van der Waals surface area contributed by atoms with Crippen LogP contribution in [0.2, 0.25) is 0 Å². The number of benzene rings is 3. The van der Waals surface area contributed by atoms with Crippen molar-refractivity contribution in [2.24, 2.45) is 29.0 Å². The quantitative estimate of drug-likeness (QED) is 0.0336. The molecule has 3 saturated heterocycles. The Kier molecular flexibility index (Phi) is 39.5. The predicted molar refractivity (Wildman–Crippen MR) is 499 cm³/mol. The molecule has 9 rings (SSSR count). The molecule has 732 valence electrons. The van der Waals surface area contributed by atoms with Crippen LogP contribution in [0.25, 0.3) is 21.0 Å². The van der Waals surface area contributed by atoms with Gasteiger partial charge in [0.05, 0.1) is 37.2 Å². The average Bonchev–Trinajstić information content (AvgIpc) is 1.56. The third-order valence-electron chi connectivity index (χ3n) is 24.4. The Hall–Kier alpha value is -12.9. The van der Waals surface area contributed by atoms with Crippen molar-refractivity contribution in [3.63, 3.8) is 0 Å². The van der Waals surface area contributed by atoms with E-state index in [0.29, 0.717) is 53.3 Å². The minimum absolute atomic E-state index is 0.0320. The number of amides is 16. The maximum atomic E-state index is 15.8. The number of carboxylic acid groups (broad SMARTS) is 1. The van der Waals surface area contributed by atoms with E-state index < -0.39 is 254 Å². The summed E-state index contributed by atoms with van der Waals surface area (Å²) in [6.45, 7) is 6.91. The van der Waals surface area contributed by atoms with E-state index in [-0.39, 0.29) is 94.7 Å². The van der Waals surface area contributed by atoms with Gasteiger partial charge < -0.3 is 115 Å². The normalized spacial score (nSPS) is 24.9. The van der Waals surface area contributed by atoms with E-state index in [4.69, 9.17) is 17.2 Å². The number of carbonyl (C=O) groups is 18. The van der Waals surface area contributed by atoms with E-state index in [0.717, 1.165) is 36.5 Å². The number of aromatic nitrogens is 3. The summed E-state index contributed by atoms with van der Waals surface area (Å²) >= 11 is 2.14. The van der Waals surface area contributed by atoms with Crippen LogP contribution in [0.3, 0.4) is 0 Å². The molecule has 41 nitrogen and oxygen atoms in total. The van der Waals surface area contributed by atoms with Gasteiger partial charge in [0.1, 0.15) is 78.3 Å². The van der Waals surface area contributed by atoms with E-state index in [1.54, 1.807) is 55.8 Å². The first-order chi connectivity index (χ1) is 64.3. The number of nitrogens with one attached hydrogen (secondary N) is 11. The zero-order valence-corrected chi connectivity index (χ0v) is 78.7. The van der Waals surface area contributed by atoms with Crippen molar-refractivity contribution >= 4 is 150 Å². The van der Waals surface area contributed by atoms with Crippen molar-refractivity contribution in [3.8, 4) is 5.75 Å². The second-order valence-electron chi connectivity index (χ2n) is 35.0. The highest BCUT2D eigenvalue weighted by atomic mass is 32.2. The van der Waals surface area contributed by atoms with Crippen molar-refractivity contribution in [1.82, 2.24) is 87.3 Å². The zero-order chi connectivity index (χ0) is 98.6. The Balaban J connectivity index is 1.11. The first-order valence-electron chi connectivity index (χ1n) is 45.4. The summed E-state index contributed by atoms with van der Waals surface area (Å²) in [6, 6.07) is 0.0142. The number of carbonyl (C=O) groups excluding carboxylic acids is 17. The number of thiophene rings is 1. The number of ketones is 1. The van der Waals surface area contributed by atoms with Gasteiger partial charge in [-0.2, -0.15) is 0 Å². The summed E-state index contributed by atoms with van der Waals surface area (Å²) < 4.78 is 0.818. The highest BCUT2D eigenvalue weighted by molar-refractivity contribution is 8.00. The number of aromatic hydroxyl groups is 1. The molecule has 0 radical (unpaired) electrons. The van der Waals surface area contributed by atoms with Crippen molar-refractivity contribution in [3.05, 3.63) is 119 Å². The first kappa shape index (κ1) is 106. The predicted octanol–water partition coefficient (Wildman–Crippen LogP) is -0.147. The number of unbranched alkanes of at least 4 members (excludes halogenated alkanes) is 2. The third-order valence-corrected chi connectivity index (χ3v) is 26.5. The van der Waals surface area contributed by atoms with Gasteiger partial charge in [-0.05, 0) is 122 Å². The lowest BCUT2D eigenvalue weighted by Crippen LogP contribution is -2.60. The van der Waals surface area contributed by atoms with Crippen LogP contribution in [0.15, 0.2) is 96.9 Å². The Morgan fingerprint density at radius 2 is 1.21 bits per heavy atom. The molecule has 15 atom stereocenters. The average molecular weight is 1910 g/mol. The Bertz CT molecular complexity index is 5230. The molecule has 0 bridgehead atoms. The number of hydrogen-bond donors (Lipinski definition) is 17. The topological polar surface area (TPSA) is 615 Å². The molecule has 0 spiro atoms. The van der Waals surface area contributed by atoms with E-state index >= 15 is 38.4 Å². The lowest BCUT2D eigenvalue weighted by molar-refractivity contribution is -0.149. The number of aromatic amines is 2. The molecular formula is C92H126N20O21S2. The molecule has 16 amide bonds. The number of aliphatic hydroxyl groups excluding tert-OH is 1. The van der Waals surface area contributed by atoms with Crippen LogP contribution >= 0.6 is 23.1 Å². The van der Waals surface area contributed by atoms with E-state index in [2.05, 4.69) is 62.8 Å². The van der Waals surface area contributed by atoms with Crippen molar-refractivity contribution in [2.75, 3.05) is 58.8 Å². The molecular weight excluding hydrogens is 1790 g/mol. The number of fused-ring (bicyclic) bond motifs is 4. The fourth-order valence-electron chi connectivity index (χ4n) is 16.9. The second-order valence-corrected chi connectivity index (χ2v) is 37.0. The van der Waals surface area contributed by atoms with E-state index in [1.807, 2.05) is 32.0 Å². The fraction of sp³-hybridized carbons (Fsp3) is 0.533. The second kappa shape index (κ2) is 50.4. The maximum Gasteiger partial charge on any atom is 0.303 e. The van der Waals surface area contributed by atoms with Gasteiger partial charge in [0.15, 0.2) is 5.78 Å². The molecule has 3 fully saturated rings. The highest BCUT2D eigenvalue weighted by Gasteiger charge is 2.47. The number of nitrogens with two attached hydrogens (primary N) is 3. The Morgan fingerprint density at radius 1 is 0.593 bits per heavy atom. The lowest BCUT2D eigenvalue weighted by Gasteiger charge is -2.36. The van der Waals surface area contributed by atoms with Crippen LogP contribution in [-0.4, -0.2) is 305 Å². The molecule has 3 aliphatic rings. The van der Waals surface area contributed by atoms with E-state index in [1.165, 1.54) is 86.0 Å². The molecule has 0 unspecified atom stereocenters. The molecule has 0 aliphatic carbocycles. The number of H-pyrrole nitrogens is 2. The summed E-state index contributed by atoms with van der Waals surface area (Å²) in [6.07, 6.45) is 0.166. The third kappa shape index (κ3) is 29.6. The minimum atomic E-state index is -1.81. The standard InChI is InChI=1S/C92H126N20O21S2/c1-9-11-21-70-86(127)103-64(34-50(3)4)84(125)107-69(82(123)98-44-77(95)117)47-134-48-78(118)100-66(35-52-25-27-57(113)28-26-52)88(129)108(6)51(5)80(121)105-68(41-76(94)116)91(132)111-33-17-23-71(111)87(128)104-65(39-56-43-96-49-99-56)85(126)102-63(29-30-79(119)120)90(131)112-45-58(114)40-73(112)74(115)38-53(36-55-46-135-75-24-16-14-19-60(55)75)81(122)101-62(31-32-93)83(124)106-67(37-54-42-97-61-20-15-13-18-59(54)61)89(130)110(8)72(22-12-10-2)92(133)109(70)7/h13-16,18-20,24-28,42-43,46,49-51,53,58,62-73,97,113-114H,9-12,17,21-23,29-41,44-45,47-48,93H2,1-8H3,(H2,94,116)(H2,95,117)(H,96,99)(H,98,123)(H,100,118)(H,101,122)(H,102,126)(H,103,127)(H,104,128)(H,105,121)(H,106,124)(H,107,125)(H,119,120)/t51-,53+,58+,62-,63-,64-,65-,66-,67-,68-,69-,70-,71-,72-,73-/m0/s1. The van der Waals surface area contributed by atoms with Gasteiger partial charge in [-0.25, -0.2) is 4.98 Å². The van der Waals surface area contributed by atoms with Crippen molar-refractivity contribution in [2.45, 2.75) is 241 Å². The van der Waals surface area contributed by atoms with Crippen LogP contribution < -0.4 is 65.1 Å². The Labute approximate surface area is 789 Å². The number of phenolic OH excluding ortho intramolecular Hbond substituents is 1. The molecule has 43 heteroatoms. The molecule has 0 saturated carbocycles. The Morgan fingerprint density at radius 3 is 1.87 bits per heavy atom. The lowest BCUT2D eigenvalue weighted by atomic mass is 9.90. The van der Waals surface area contributed by atoms with Crippen LogP contribution in [0.4, 0.5) is 0 Å². The zero-order valence-electron chi connectivity index (χ0n) is 77.1. The number of thioether (sulfide) groups is 1. The van der Waals surface area contributed by atoms with Gasteiger partial charge in [0.25, 0.3) is 0 Å². The number of rotatable bonds is 26. The minimum Gasteiger partial charge on any atom is -0.508 e. The van der Waals surface area contributed by atoms with Crippen LogP contribution in [0.1, 0.15) is 153 Å². The van der Waals surface area contributed by atoms with Crippen LogP contribution in [0, 0.1) is 11.8 Å². The number of nitrogens with zero attached hydrogens (tertiary/aromatic N) is 6. The van der Waals surface area contributed by atoms with E-state index in [9.17, 15) is 63.3 Å². The molecule has 6 heterocycles. The maximum absolute atomic E-state index is 15.8. The summed E-state index contributed by atoms with van der Waals surface area (Å²) in [5.74, 6) is -19.8. The molecule has 3 aliphatic heterocycles. The van der Waals surface area contributed by atoms with Gasteiger partial charge in [-0.1, -0.05) is 102 Å². The smallest absolute Gasteiger partial charge is 0.303 e. The van der Waals surface area contributed by atoms with Gasteiger partial charge >= 0.3 is 5.97 Å². The van der Waals surface area contributed by atoms with Gasteiger partial charge in [0, 0.05) is 118 Å². The monoisotopic (exact) mass is 1910 g/mol. The van der Waals surface area contributed by atoms with Gasteiger partial charge in [-0.15, -0.1) is 23.1 Å². The molecule has 135 heavy (non-hydrogen) atoms. The number of para-hydroxylation sites is 1. The van der Waals surface area contributed by atoms with Crippen LogP contribution in [-0.2, 0) is 112 Å². The van der Waals surface area contributed by atoms with Crippen molar-refractivity contribution in [1.29, 1.82) is 0 Å². The SMILES string of the molecule is CCCC[C@H]1C(=O)N(C)[C@@H](CCCC)C(=O)N[C@@H](CC(C)C)C(=O)N[C@H](C(=O)NCC(N)=O)CSCC(=O)N[C@@H](Cc2ccc(O)cc2)C(=O)N(C)[C@@H](C)C(=O)N[C@@H](CC(N)=O)C(=O)N2CCC[C@H]2C(=O)N[C@@H](Cc2cnc[nH]2)C(=O)N[C@@H](CCC(=O)O)C(=O)N2C[C@H](O)C[C@H]2C(=O)C[C@@H](Cc2csc3ccccc23)C(=O)N[C@@H](CCN)C(=O)N[C@@H](Cc2c[nH]c3ccccc23)C(=O)N1C. The molecule has 3 aromatic carbocycles. The number of primary amides is 2. The largest absolute Gasteiger partial charge is 0.508 e. The fourth-order valence-corrected chi connectivity index (χ4v) is 18.8. The molecule has 6 aromatic rings. The van der Waals surface area contributed by atoms with Gasteiger partial charge in [0.2, 0.25) is 94.5 Å². The summed E-state index contributed by atoms with van der Waals surface area (Å²) in [5, 5.41) is 59.0. The molecule has 20 N–H and O–H groups in total. The number of phenols is 1. The summed E-state index contributed by atoms with van der Waals surface area (Å²) in [7, 11) is 3.99. The number of Topliss-reactive ketones (excluding diaryl/α,β-unsaturated/α-hetero) is 1. The first-order valence-corrected chi connectivity index (χ1v) is 47.5. The highest BCUT2D eigenvalue weighted by Crippen LogP contribution is 2.32. The number of aliphatic carboxylic acids is 1. The number of imidazole rings is 1. The summed E-state index contributed by atoms with van der Waals surface area (Å²) in [4.78, 5) is 279. The number of likely N-dealkylation sites (N-methyl/N-ethyl adjacent to an activating group) is 3. The van der Waals surface area contributed by atoms with Crippen LogP contribution in [0.5, 0.6) is 5.75 Å². The summed E-state index contributed by atoms with van der Waals surface area (Å²) in [5.41, 5.74) is 19.9. The number of aliphatic hydroxyl groups is 1. The van der Waals surface area contributed by atoms with Gasteiger partial charge in [-0.3, -0.25) is 86.3 Å². The molecule has 3 aromatic heterocycles. The number of carboxylic acids is 1.